The Balaban J connectivity index is 3.16. The summed E-state index contributed by atoms with van der Waals surface area (Å²) in [5.41, 5.74) is 0. The summed E-state index contributed by atoms with van der Waals surface area (Å²) in [5, 5.41) is 6.62. The molecule has 0 amide bonds. The zero-order valence-corrected chi connectivity index (χ0v) is 11.2. The monoisotopic (exact) mass is 288 g/mol. The summed E-state index contributed by atoms with van der Waals surface area (Å²) in [6.45, 7) is 1.29. The first kappa shape index (κ1) is 15.3. The Hall–Kier alpha value is 0.260. The molecule has 0 aromatic heterocycles. The van der Waals surface area contributed by atoms with Crippen LogP contribution in [0, 0.1) is 11.8 Å². The smallest absolute Gasteiger partial charge is 0.367 e. The van der Waals surface area contributed by atoms with Crippen LogP contribution in [-0.4, -0.2) is 29.8 Å². The van der Waals surface area contributed by atoms with Gasteiger partial charge < -0.3 is 24.7 Å². The summed E-state index contributed by atoms with van der Waals surface area (Å²) in [6.07, 6.45) is 2.91. The summed E-state index contributed by atoms with van der Waals surface area (Å²) in [4.78, 5) is 36.3. The maximum absolute atomic E-state index is 11.3. The molecule has 1 saturated carbocycles. The molecule has 1 unspecified atom stereocenters. The molecule has 0 saturated heterocycles. The van der Waals surface area contributed by atoms with E-state index in [2.05, 4.69) is 0 Å². The zero-order valence-electron chi connectivity index (χ0n) is 9.43. The van der Waals surface area contributed by atoms with Crippen LogP contribution in [0.1, 0.15) is 32.6 Å². The quantitative estimate of drug-likeness (QED) is 0.483. The average Bonchev–Trinajstić information content (AvgIpc) is 2.64. The van der Waals surface area contributed by atoms with Gasteiger partial charge in [0.15, 0.2) is 0 Å². The molecule has 0 aliphatic heterocycles. The first-order valence-corrected chi connectivity index (χ1v) is 8.58. The van der Waals surface area contributed by atoms with Crippen LogP contribution in [0.2, 0.25) is 0 Å². The number of aliphatic hydroxyl groups is 1. The molecule has 0 spiro atoms. The summed E-state index contributed by atoms with van der Waals surface area (Å²) in [6, 6.07) is 0. The van der Waals surface area contributed by atoms with Crippen molar-refractivity contribution in [3.8, 4) is 0 Å². The molecular formula is C8H18O7P2. The van der Waals surface area contributed by atoms with Gasteiger partial charge in [0.05, 0.1) is 0 Å². The summed E-state index contributed by atoms with van der Waals surface area (Å²) in [5.74, 6) is -1.42. The molecule has 0 aromatic carbocycles. The summed E-state index contributed by atoms with van der Waals surface area (Å²) in [7, 11) is -10.7. The first-order valence-electron chi connectivity index (χ1n) is 5.35. The van der Waals surface area contributed by atoms with Crippen molar-refractivity contribution in [2.45, 2.75) is 37.7 Å². The maximum atomic E-state index is 11.3. The fourth-order valence-corrected chi connectivity index (χ4v) is 5.31. The third-order valence-electron chi connectivity index (χ3n) is 3.58. The maximum Gasteiger partial charge on any atom is 0.369 e. The minimum absolute atomic E-state index is 0.278. The van der Waals surface area contributed by atoms with Gasteiger partial charge in [-0.1, -0.05) is 32.6 Å². The Bertz CT molecular complexity index is 342. The van der Waals surface area contributed by atoms with E-state index in [1.165, 1.54) is 6.92 Å². The lowest BCUT2D eigenvalue weighted by Crippen LogP contribution is -2.39. The first-order chi connectivity index (χ1) is 7.52. The number of rotatable bonds is 4. The Kier molecular flexibility index (Phi) is 4.27. The second-order valence-corrected chi connectivity index (χ2v) is 8.50. The van der Waals surface area contributed by atoms with E-state index in [0.717, 1.165) is 12.8 Å². The van der Waals surface area contributed by atoms with Gasteiger partial charge in [-0.05, 0) is 5.92 Å². The zero-order chi connectivity index (χ0) is 13.5. The van der Waals surface area contributed by atoms with Crippen LogP contribution in [0.3, 0.4) is 0 Å². The molecule has 0 aromatic rings. The Morgan fingerprint density at radius 1 is 1.06 bits per heavy atom. The molecule has 0 radical (unpaired) electrons. The van der Waals surface area contributed by atoms with E-state index in [4.69, 9.17) is 19.6 Å². The van der Waals surface area contributed by atoms with Gasteiger partial charge in [0.1, 0.15) is 0 Å². The van der Waals surface area contributed by atoms with Crippen LogP contribution in [0.25, 0.3) is 0 Å². The van der Waals surface area contributed by atoms with Gasteiger partial charge in [-0.2, -0.15) is 0 Å². The van der Waals surface area contributed by atoms with Crippen LogP contribution in [0.15, 0.2) is 0 Å². The topological polar surface area (TPSA) is 135 Å². The fraction of sp³-hybridized carbons (Fsp3) is 1.00. The van der Waals surface area contributed by atoms with Crippen LogP contribution in [0.5, 0.6) is 0 Å². The normalized spacial score (nSPS) is 21.8. The van der Waals surface area contributed by atoms with Crippen molar-refractivity contribution in [2.24, 2.45) is 11.8 Å². The molecule has 0 bridgehead atoms. The van der Waals surface area contributed by atoms with E-state index in [-0.39, 0.29) is 5.92 Å². The van der Waals surface area contributed by atoms with E-state index in [9.17, 15) is 14.2 Å². The van der Waals surface area contributed by atoms with E-state index >= 15 is 0 Å². The van der Waals surface area contributed by atoms with Crippen LogP contribution < -0.4 is 0 Å². The van der Waals surface area contributed by atoms with Gasteiger partial charge in [-0.25, -0.2) is 0 Å². The standard InChI is InChI=1S/C8H18O7P2/c1-6(7-4-2-3-5-7)8(9,16(10,11)12)17(13,14)15/h6-7,9H,2-5H2,1H3,(H2,10,11,12)(H2,13,14,15). The van der Waals surface area contributed by atoms with E-state index < -0.39 is 26.2 Å². The molecule has 1 aliphatic carbocycles. The third kappa shape index (κ3) is 2.66. The van der Waals surface area contributed by atoms with Crippen LogP contribution in [0.4, 0.5) is 0 Å². The van der Waals surface area contributed by atoms with Crippen molar-refractivity contribution < 1.29 is 33.8 Å². The lowest BCUT2D eigenvalue weighted by Gasteiger charge is -2.37. The molecule has 102 valence electrons. The fourth-order valence-electron chi connectivity index (χ4n) is 2.47. The van der Waals surface area contributed by atoms with Gasteiger partial charge in [0, 0.05) is 5.92 Å². The average molecular weight is 288 g/mol. The predicted octanol–water partition coefficient (Wildman–Crippen LogP) is 0.814. The number of hydrogen-bond donors (Lipinski definition) is 5. The molecule has 17 heavy (non-hydrogen) atoms. The Labute approximate surface area is 99.2 Å². The van der Waals surface area contributed by atoms with Gasteiger partial charge in [-0.3, -0.25) is 9.13 Å². The highest BCUT2D eigenvalue weighted by atomic mass is 31.2. The SMILES string of the molecule is CC(C1CCCC1)C(O)(P(=O)(O)O)P(=O)(O)O. The molecule has 1 fully saturated rings. The molecule has 1 aliphatic rings. The summed E-state index contributed by atoms with van der Waals surface area (Å²) < 4.78 is 22.5. The summed E-state index contributed by atoms with van der Waals surface area (Å²) >= 11 is 0. The molecular weight excluding hydrogens is 270 g/mol. The van der Waals surface area contributed by atoms with Crippen molar-refractivity contribution >= 4 is 15.2 Å². The minimum Gasteiger partial charge on any atom is -0.367 e. The minimum atomic E-state index is -5.33. The highest BCUT2D eigenvalue weighted by molar-refractivity contribution is 7.72. The second-order valence-electron chi connectivity index (χ2n) is 4.61. The molecule has 0 heterocycles. The molecule has 1 atom stereocenters. The highest BCUT2D eigenvalue weighted by Crippen LogP contribution is 2.72. The van der Waals surface area contributed by atoms with Crippen LogP contribution >= 0.6 is 15.2 Å². The van der Waals surface area contributed by atoms with E-state index in [0.29, 0.717) is 12.8 Å². The van der Waals surface area contributed by atoms with Gasteiger partial charge in [0.25, 0.3) is 5.08 Å². The largest absolute Gasteiger partial charge is 0.369 e. The van der Waals surface area contributed by atoms with E-state index in [1.807, 2.05) is 0 Å². The van der Waals surface area contributed by atoms with Gasteiger partial charge in [0.2, 0.25) is 0 Å². The lowest BCUT2D eigenvalue weighted by molar-refractivity contribution is 0.0598. The Morgan fingerprint density at radius 2 is 1.41 bits per heavy atom. The number of hydrogen-bond acceptors (Lipinski definition) is 3. The molecule has 5 N–H and O–H groups in total. The predicted molar refractivity (Wildman–Crippen MR) is 60.2 cm³/mol. The van der Waals surface area contributed by atoms with Gasteiger partial charge in [-0.15, -0.1) is 0 Å². The van der Waals surface area contributed by atoms with Crippen molar-refractivity contribution in [2.75, 3.05) is 0 Å². The Morgan fingerprint density at radius 3 is 1.71 bits per heavy atom. The van der Waals surface area contributed by atoms with Crippen molar-refractivity contribution in [3.63, 3.8) is 0 Å². The van der Waals surface area contributed by atoms with Crippen molar-refractivity contribution in [1.82, 2.24) is 0 Å². The van der Waals surface area contributed by atoms with Crippen molar-refractivity contribution in [3.05, 3.63) is 0 Å². The van der Waals surface area contributed by atoms with Crippen LogP contribution in [-0.2, 0) is 9.13 Å². The second kappa shape index (κ2) is 4.74. The lowest BCUT2D eigenvalue weighted by atomic mass is 9.93. The molecule has 1 rings (SSSR count). The highest BCUT2D eigenvalue weighted by Gasteiger charge is 2.64. The van der Waals surface area contributed by atoms with E-state index in [1.54, 1.807) is 0 Å². The molecule has 7 nitrogen and oxygen atoms in total. The third-order valence-corrected chi connectivity index (χ3v) is 7.67. The van der Waals surface area contributed by atoms with Gasteiger partial charge >= 0.3 is 15.2 Å². The molecule has 9 heteroatoms. The van der Waals surface area contributed by atoms with Crippen molar-refractivity contribution in [1.29, 1.82) is 0 Å².